The smallest absolute Gasteiger partial charge is 0.160 e. The average Bonchev–Trinajstić information content (AvgIpc) is 3.10. The van der Waals surface area contributed by atoms with Crippen LogP contribution >= 0.6 is 0 Å². The van der Waals surface area contributed by atoms with Crippen LogP contribution in [0.15, 0.2) is 11.1 Å². The Morgan fingerprint density at radius 3 is 2.20 bits per heavy atom. The number of rotatable bonds is 3. The van der Waals surface area contributed by atoms with E-state index in [1.54, 1.807) is 0 Å². The molecule has 0 amide bonds. The summed E-state index contributed by atoms with van der Waals surface area (Å²) in [6, 6.07) is 0. The normalized spacial score (nSPS) is 49.7. The zero-order valence-corrected chi connectivity index (χ0v) is 23.1. The lowest BCUT2D eigenvalue weighted by Gasteiger charge is -2.72. The lowest BCUT2D eigenvalue weighted by Crippen LogP contribution is -2.66. The molecule has 0 bridgehead atoms. The van der Waals surface area contributed by atoms with Gasteiger partial charge in [-0.15, -0.1) is 0 Å². The van der Waals surface area contributed by atoms with E-state index in [4.69, 9.17) is 0 Å². The topological polar surface area (TPSA) is 74.6 Å². The van der Waals surface area contributed by atoms with Crippen molar-refractivity contribution in [1.82, 2.24) is 0 Å². The van der Waals surface area contributed by atoms with Gasteiger partial charge < -0.3 is 15.0 Å². The summed E-state index contributed by atoms with van der Waals surface area (Å²) in [5, 5.41) is 21.9. The zero-order valence-electron chi connectivity index (χ0n) is 23.1. The van der Waals surface area contributed by atoms with Gasteiger partial charge in [0.05, 0.1) is 6.10 Å². The minimum atomic E-state index is -1.10. The number of aliphatic hydroxyl groups is 2. The summed E-state index contributed by atoms with van der Waals surface area (Å²) in [7, 11) is 0. The largest absolute Gasteiger partial charge is 0.393 e. The molecule has 196 valence electrons. The number of ketones is 1. The highest BCUT2D eigenvalue weighted by molar-refractivity contribution is 6.01. The summed E-state index contributed by atoms with van der Waals surface area (Å²) in [6.45, 7) is 16.3. The van der Waals surface area contributed by atoms with Crippen LogP contribution in [0.1, 0.15) is 106 Å². The highest BCUT2D eigenvalue weighted by Crippen LogP contribution is 2.76. The van der Waals surface area contributed by atoms with Crippen molar-refractivity contribution in [3.05, 3.63) is 11.1 Å². The Kier molecular flexibility index (Phi) is 5.68. The Labute approximate surface area is 212 Å². The van der Waals surface area contributed by atoms with Gasteiger partial charge >= 0.3 is 0 Å². The molecule has 35 heavy (non-hydrogen) atoms. The van der Waals surface area contributed by atoms with Crippen molar-refractivity contribution in [2.75, 3.05) is 0 Å². The molecule has 4 fully saturated rings. The summed E-state index contributed by atoms with van der Waals surface area (Å²) in [6.07, 6.45) is 7.81. The van der Waals surface area contributed by atoms with Crippen LogP contribution in [0.25, 0.3) is 0 Å². The molecule has 0 saturated heterocycles. The van der Waals surface area contributed by atoms with Crippen molar-refractivity contribution in [3.8, 4) is 0 Å². The average molecular weight is 485 g/mol. The molecule has 1 unspecified atom stereocenters. The summed E-state index contributed by atoms with van der Waals surface area (Å²) >= 11 is 0. The van der Waals surface area contributed by atoms with E-state index in [2.05, 4.69) is 48.5 Å². The quantitative estimate of drug-likeness (QED) is 0.490. The van der Waals surface area contributed by atoms with E-state index in [1.165, 1.54) is 0 Å². The maximum Gasteiger partial charge on any atom is 0.160 e. The van der Waals surface area contributed by atoms with E-state index >= 15 is 0 Å². The van der Waals surface area contributed by atoms with Crippen molar-refractivity contribution >= 4 is 12.1 Å². The third-order valence-corrected chi connectivity index (χ3v) is 13.2. The number of aliphatic hydroxyl groups excluding tert-OH is 2. The fourth-order valence-corrected chi connectivity index (χ4v) is 11.2. The van der Waals surface area contributed by atoms with Crippen molar-refractivity contribution in [3.63, 3.8) is 0 Å². The second kappa shape index (κ2) is 7.76. The van der Waals surface area contributed by atoms with Crippen molar-refractivity contribution in [2.45, 2.75) is 118 Å². The number of aldehydes is 1. The van der Waals surface area contributed by atoms with Gasteiger partial charge in [0.25, 0.3) is 0 Å². The Balaban J connectivity index is 1.62. The molecule has 4 saturated carbocycles. The van der Waals surface area contributed by atoms with Crippen LogP contribution < -0.4 is 0 Å². The molecule has 9 atom stereocenters. The second-order valence-electron chi connectivity index (χ2n) is 14.8. The second-order valence-corrected chi connectivity index (χ2v) is 14.8. The predicted molar refractivity (Wildman–Crippen MR) is 138 cm³/mol. The van der Waals surface area contributed by atoms with E-state index in [0.717, 1.165) is 62.5 Å². The molecule has 5 aliphatic carbocycles. The van der Waals surface area contributed by atoms with E-state index in [9.17, 15) is 19.8 Å². The Morgan fingerprint density at radius 2 is 1.57 bits per heavy atom. The minimum absolute atomic E-state index is 0.0380. The van der Waals surface area contributed by atoms with Crippen LogP contribution in [0.4, 0.5) is 0 Å². The van der Waals surface area contributed by atoms with E-state index < -0.39 is 11.5 Å². The number of carbonyl (C=O) groups is 2. The first-order valence-corrected chi connectivity index (χ1v) is 14.3. The standard InChI is InChI=1S/C31H48O4/c1-18(2)25-20(33)16-31(24(35)17-32)15-14-29(6)19(26(25)31)8-9-22-28(5)12-11-23(34)27(3,4)21(28)10-13-30(22,29)7/h17-19,21-24,34-35H,8-16H2,1-7H3/t19-,21+,22-,23+,24?,28+,29-,30-,31+/m1/s1. The number of carbonyl (C=O) groups excluding carboxylic acids is 2. The third kappa shape index (κ3) is 2.99. The van der Waals surface area contributed by atoms with Crippen molar-refractivity contribution in [2.24, 2.45) is 50.7 Å². The molecule has 0 aromatic carbocycles. The highest BCUT2D eigenvalue weighted by atomic mass is 16.3. The Hall–Kier alpha value is -1.00. The highest BCUT2D eigenvalue weighted by Gasteiger charge is 2.70. The van der Waals surface area contributed by atoms with Crippen LogP contribution in [0.3, 0.4) is 0 Å². The van der Waals surface area contributed by atoms with Crippen molar-refractivity contribution in [1.29, 1.82) is 0 Å². The van der Waals surface area contributed by atoms with Gasteiger partial charge in [-0.3, -0.25) is 4.79 Å². The number of allylic oxidation sites excluding steroid dienone is 1. The molecule has 0 radical (unpaired) electrons. The summed E-state index contributed by atoms with van der Waals surface area (Å²) in [5.74, 6) is 1.63. The summed E-state index contributed by atoms with van der Waals surface area (Å²) in [4.78, 5) is 25.3. The molecule has 4 heteroatoms. The SMILES string of the molecule is CC(C)C1=C2[C@H]3CC[C@@H]4[C@@]5(C)CC[C@H](O)C(C)(C)[C@@H]5CC[C@@]4(C)[C@]3(C)CC[C@@]2(C(O)C=O)CC1=O. The number of hydrogen-bond acceptors (Lipinski definition) is 4. The molecule has 0 aromatic heterocycles. The molecular weight excluding hydrogens is 436 g/mol. The van der Waals surface area contributed by atoms with Gasteiger partial charge in [0, 0.05) is 11.8 Å². The zero-order chi connectivity index (χ0) is 25.8. The van der Waals surface area contributed by atoms with Gasteiger partial charge in [-0.25, -0.2) is 0 Å². The van der Waals surface area contributed by atoms with Gasteiger partial charge in [-0.05, 0) is 108 Å². The van der Waals surface area contributed by atoms with E-state index in [1.807, 2.05) is 0 Å². The fourth-order valence-electron chi connectivity index (χ4n) is 11.2. The molecular formula is C31H48O4. The van der Waals surface area contributed by atoms with Crippen LogP contribution in [-0.4, -0.2) is 34.5 Å². The van der Waals surface area contributed by atoms with Gasteiger partial charge in [0.1, 0.15) is 12.4 Å². The molecule has 0 aromatic rings. The first-order valence-electron chi connectivity index (χ1n) is 14.3. The molecule has 0 heterocycles. The lowest BCUT2D eigenvalue weighted by molar-refractivity contribution is -0.230. The van der Waals surface area contributed by atoms with E-state index in [-0.39, 0.29) is 45.4 Å². The first-order chi connectivity index (χ1) is 16.2. The predicted octanol–water partition coefficient (Wildman–Crippen LogP) is 5.89. The molecule has 0 aliphatic heterocycles. The maximum atomic E-state index is 13.4. The Morgan fingerprint density at radius 1 is 0.886 bits per heavy atom. The van der Waals surface area contributed by atoms with Crippen LogP contribution in [-0.2, 0) is 9.59 Å². The first kappa shape index (κ1) is 25.6. The van der Waals surface area contributed by atoms with Crippen LogP contribution in [0.5, 0.6) is 0 Å². The minimum Gasteiger partial charge on any atom is -0.393 e. The lowest BCUT2D eigenvalue weighted by atomic mass is 9.33. The van der Waals surface area contributed by atoms with Gasteiger partial charge in [-0.1, -0.05) is 48.5 Å². The molecule has 4 nitrogen and oxygen atoms in total. The molecule has 5 aliphatic rings. The molecule has 0 spiro atoms. The summed E-state index contributed by atoms with van der Waals surface area (Å²) in [5.41, 5.74) is 1.72. The monoisotopic (exact) mass is 484 g/mol. The third-order valence-electron chi connectivity index (χ3n) is 13.2. The van der Waals surface area contributed by atoms with Crippen LogP contribution in [0.2, 0.25) is 0 Å². The number of Topliss-reactive ketones (excluding diaryl/α,β-unsaturated/α-hetero) is 1. The summed E-state index contributed by atoms with van der Waals surface area (Å²) < 4.78 is 0. The van der Waals surface area contributed by atoms with E-state index in [0.29, 0.717) is 24.5 Å². The van der Waals surface area contributed by atoms with Crippen LogP contribution in [0, 0.1) is 50.7 Å². The molecule has 5 rings (SSSR count). The van der Waals surface area contributed by atoms with Gasteiger partial charge in [0.15, 0.2) is 5.78 Å². The number of fused-ring (bicyclic) bond motifs is 7. The maximum absolute atomic E-state index is 13.4. The van der Waals surface area contributed by atoms with Crippen molar-refractivity contribution < 1.29 is 19.8 Å². The van der Waals surface area contributed by atoms with Gasteiger partial charge in [0.2, 0.25) is 0 Å². The van der Waals surface area contributed by atoms with Gasteiger partial charge in [-0.2, -0.15) is 0 Å². The Bertz CT molecular complexity index is 963. The number of hydrogen-bond donors (Lipinski definition) is 2. The molecule has 2 N–H and O–H groups in total. The fraction of sp³-hybridized carbons (Fsp3) is 0.871.